The van der Waals surface area contributed by atoms with Crippen molar-refractivity contribution in [2.75, 3.05) is 5.43 Å². The fourth-order valence-electron chi connectivity index (χ4n) is 1.27. The highest BCUT2D eigenvalue weighted by molar-refractivity contribution is 5.99. The van der Waals surface area contributed by atoms with E-state index in [2.05, 4.69) is 10.7 Å². The number of nitrogens with one attached hydrogen (secondary N) is 2. The van der Waals surface area contributed by atoms with Gasteiger partial charge in [-0.25, -0.2) is 0 Å². The number of carbonyl (C=O) groups excluding carboxylic acids is 1. The van der Waals surface area contributed by atoms with Gasteiger partial charge in [0.2, 0.25) is 0 Å². The third-order valence-electron chi connectivity index (χ3n) is 2.66. The summed E-state index contributed by atoms with van der Waals surface area (Å²) >= 11 is 0. The summed E-state index contributed by atoms with van der Waals surface area (Å²) in [7, 11) is 0. The van der Waals surface area contributed by atoms with E-state index >= 15 is 0 Å². The highest BCUT2D eigenvalue weighted by atomic mass is 16.1. The number of rotatable bonds is 4. The van der Waals surface area contributed by atoms with Gasteiger partial charge in [-0.1, -0.05) is 19.1 Å². The van der Waals surface area contributed by atoms with Crippen molar-refractivity contribution >= 4 is 11.6 Å². The van der Waals surface area contributed by atoms with E-state index in [0.717, 1.165) is 6.42 Å². The molecule has 4 heteroatoms. The summed E-state index contributed by atoms with van der Waals surface area (Å²) in [5, 5.41) is 2.96. The molecule has 1 amide bonds. The minimum Gasteiger partial charge on any atom is -0.347 e. The van der Waals surface area contributed by atoms with Gasteiger partial charge in [0, 0.05) is 5.54 Å². The molecule has 0 fully saturated rings. The highest BCUT2D eigenvalue weighted by Gasteiger charge is 2.20. The molecule has 0 saturated carbocycles. The molecular weight excluding hydrogens is 202 g/mol. The van der Waals surface area contributed by atoms with Crippen LogP contribution in [0.25, 0.3) is 0 Å². The van der Waals surface area contributed by atoms with Gasteiger partial charge in [-0.3, -0.25) is 10.6 Å². The molecule has 4 nitrogen and oxygen atoms in total. The average Bonchev–Trinajstić information content (AvgIpc) is 2.28. The van der Waals surface area contributed by atoms with E-state index in [1.54, 1.807) is 12.1 Å². The Morgan fingerprint density at radius 3 is 2.56 bits per heavy atom. The lowest BCUT2D eigenvalue weighted by Crippen LogP contribution is -2.43. The molecular formula is C12H19N3O. The van der Waals surface area contributed by atoms with Crippen LogP contribution in [0.2, 0.25) is 0 Å². The molecule has 0 aromatic heterocycles. The number of nitrogens with two attached hydrogens (primary N) is 1. The van der Waals surface area contributed by atoms with Crippen LogP contribution in [0.4, 0.5) is 5.69 Å². The van der Waals surface area contributed by atoms with Crippen LogP contribution >= 0.6 is 0 Å². The predicted molar refractivity (Wildman–Crippen MR) is 66.1 cm³/mol. The third-order valence-corrected chi connectivity index (χ3v) is 2.66. The van der Waals surface area contributed by atoms with Crippen molar-refractivity contribution in [2.45, 2.75) is 32.7 Å². The van der Waals surface area contributed by atoms with Crippen molar-refractivity contribution in [3.63, 3.8) is 0 Å². The van der Waals surface area contributed by atoms with Gasteiger partial charge in [0.25, 0.3) is 5.91 Å². The molecule has 0 aliphatic rings. The SMILES string of the molecule is CCC(C)(C)NC(=O)c1ccccc1NN. The minimum absolute atomic E-state index is 0.111. The Bertz CT molecular complexity index is 374. The van der Waals surface area contributed by atoms with E-state index in [-0.39, 0.29) is 11.4 Å². The van der Waals surface area contributed by atoms with Crippen LogP contribution in [0.5, 0.6) is 0 Å². The summed E-state index contributed by atoms with van der Waals surface area (Å²) in [5.41, 5.74) is 3.50. The summed E-state index contributed by atoms with van der Waals surface area (Å²) in [4.78, 5) is 12.0. The first kappa shape index (κ1) is 12.5. The fourth-order valence-corrected chi connectivity index (χ4v) is 1.27. The van der Waals surface area contributed by atoms with Gasteiger partial charge in [0.1, 0.15) is 0 Å². The van der Waals surface area contributed by atoms with Crippen LogP contribution in [0.3, 0.4) is 0 Å². The summed E-state index contributed by atoms with van der Waals surface area (Å²) in [6, 6.07) is 7.16. The van der Waals surface area contributed by atoms with E-state index < -0.39 is 0 Å². The Balaban J connectivity index is 2.88. The molecule has 16 heavy (non-hydrogen) atoms. The first-order valence-electron chi connectivity index (χ1n) is 5.38. The molecule has 0 bridgehead atoms. The van der Waals surface area contributed by atoms with Crippen molar-refractivity contribution in [3.05, 3.63) is 29.8 Å². The number of benzene rings is 1. The van der Waals surface area contributed by atoms with Crippen LogP contribution in [0, 0.1) is 0 Å². The van der Waals surface area contributed by atoms with Gasteiger partial charge in [0.05, 0.1) is 11.3 Å². The van der Waals surface area contributed by atoms with Crippen molar-refractivity contribution < 1.29 is 4.79 Å². The number of carbonyl (C=O) groups is 1. The second-order valence-electron chi connectivity index (χ2n) is 4.38. The van der Waals surface area contributed by atoms with Gasteiger partial charge in [-0.2, -0.15) is 0 Å². The van der Waals surface area contributed by atoms with Crippen molar-refractivity contribution in [2.24, 2.45) is 5.84 Å². The first-order chi connectivity index (χ1) is 7.50. The zero-order valence-electron chi connectivity index (χ0n) is 10.0. The van der Waals surface area contributed by atoms with E-state index in [1.165, 1.54) is 0 Å². The Labute approximate surface area is 96.2 Å². The quantitative estimate of drug-likeness (QED) is 0.537. The Hall–Kier alpha value is -1.55. The first-order valence-corrected chi connectivity index (χ1v) is 5.38. The van der Waals surface area contributed by atoms with Gasteiger partial charge in [0.15, 0.2) is 0 Å². The standard InChI is InChI=1S/C12H19N3O/c1-4-12(2,3)14-11(16)9-7-5-6-8-10(9)15-13/h5-8,15H,4,13H2,1-3H3,(H,14,16). The average molecular weight is 221 g/mol. The van der Waals surface area contributed by atoms with Crippen LogP contribution in [-0.2, 0) is 0 Å². The van der Waals surface area contributed by atoms with E-state index in [4.69, 9.17) is 5.84 Å². The summed E-state index contributed by atoms with van der Waals surface area (Å²) in [6.45, 7) is 6.01. The molecule has 4 N–H and O–H groups in total. The van der Waals surface area contributed by atoms with E-state index in [9.17, 15) is 4.79 Å². The Kier molecular flexibility index (Phi) is 3.90. The monoisotopic (exact) mass is 221 g/mol. The second-order valence-corrected chi connectivity index (χ2v) is 4.38. The van der Waals surface area contributed by atoms with Crippen LogP contribution < -0.4 is 16.6 Å². The molecule has 88 valence electrons. The van der Waals surface area contributed by atoms with Gasteiger partial charge in [-0.05, 0) is 32.4 Å². The normalized spacial score (nSPS) is 11.0. The minimum atomic E-state index is -0.210. The fraction of sp³-hybridized carbons (Fsp3) is 0.417. The number of nitrogen functional groups attached to an aromatic ring is 1. The largest absolute Gasteiger partial charge is 0.347 e. The van der Waals surface area contributed by atoms with Gasteiger partial charge in [-0.15, -0.1) is 0 Å². The number of anilines is 1. The second kappa shape index (κ2) is 4.99. The molecule has 1 aromatic rings. The van der Waals surface area contributed by atoms with Gasteiger partial charge >= 0.3 is 0 Å². The number of hydrogen-bond acceptors (Lipinski definition) is 3. The smallest absolute Gasteiger partial charge is 0.253 e. The number of amides is 1. The van der Waals surface area contributed by atoms with E-state index in [1.807, 2.05) is 32.9 Å². The molecule has 0 aliphatic carbocycles. The molecule has 0 atom stereocenters. The molecule has 0 saturated heterocycles. The van der Waals surface area contributed by atoms with Crippen molar-refractivity contribution in [1.29, 1.82) is 0 Å². The van der Waals surface area contributed by atoms with E-state index in [0.29, 0.717) is 11.3 Å². The van der Waals surface area contributed by atoms with Gasteiger partial charge < -0.3 is 10.7 Å². The summed E-state index contributed by atoms with van der Waals surface area (Å²) in [5.74, 6) is 5.24. The lowest BCUT2D eigenvalue weighted by Gasteiger charge is -2.25. The molecule has 1 aromatic carbocycles. The zero-order valence-corrected chi connectivity index (χ0v) is 10.0. The molecule has 0 aliphatic heterocycles. The molecule has 0 radical (unpaired) electrons. The van der Waals surface area contributed by atoms with Crippen molar-refractivity contribution in [3.8, 4) is 0 Å². The predicted octanol–water partition coefficient (Wildman–Crippen LogP) is 1.89. The lowest BCUT2D eigenvalue weighted by molar-refractivity contribution is 0.0912. The lowest BCUT2D eigenvalue weighted by atomic mass is 10.0. The number of hydrazine groups is 1. The molecule has 0 heterocycles. The van der Waals surface area contributed by atoms with Crippen LogP contribution in [0.15, 0.2) is 24.3 Å². The number of hydrogen-bond donors (Lipinski definition) is 3. The maximum absolute atomic E-state index is 12.0. The van der Waals surface area contributed by atoms with Crippen molar-refractivity contribution in [1.82, 2.24) is 5.32 Å². The summed E-state index contributed by atoms with van der Waals surface area (Å²) in [6.07, 6.45) is 0.872. The molecule has 0 spiro atoms. The van der Waals surface area contributed by atoms with Crippen LogP contribution in [-0.4, -0.2) is 11.4 Å². The highest BCUT2D eigenvalue weighted by Crippen LogP contribution is 2.15. The zero-order chi connectivity index (χ0) is 12.2. The molecule has 1 rings (SSSR count). The maximum Gasteiger partial charge on any atom is 0.253 e. The Morgan fingerprint density at radius 2 is 2.00 bits per heavy atom. The molecule has 0 unspecified atom stereocenters. The number of para-hydroxylation sites is 1. The summed E-state index contributed by atoms with van der Waals surface area (Å²) < 4.78 is 0. The van der Waals surface area contributed by atoms with Crippen LogP contribution in [0.1, 0.15) is 37.6 Å². The Morgan fingerprint density at radius 1 is 1.38 bits per heavy atom. The maximum atomic E-state index is 12.0. The third kappa shape index (κ3) is 2.97. The topological polar surface area (TPSA) is 67.2 Å².